The van der Waals surface area contributed by atoms with E-state index in [1.165, 1.54) is 11.3 Å². The van der Waals surface area contributed by atoms with Gasteiger partial charge in [0.25, 0.3) is 10.0 Å². The zero-order valence-electron chi connectivity index (χ0n) is 14.6. The molecule has 0 aliphatic carbocycles. The predicted octanol–water partition coefficient (Wildman–Crippen LogP) is 4.72. The van der Waals surface area contributed by atoms with E-state index in [-0.39, 0.29) is 0 Å². The molecule has 27 heavy (non-hydrogen) atoms. The van der Waals surface area contributed by atoms with Gasteiger partial charge in [-0.3, -0.25) is 4.72 Å². The van der Waals surface area contributed by atoms with Gasteiger partial charge in [-0.1, -0.05) is 48.6 Å². The standard InChI is InChI=1S/C20H17N3O2S2/c1-2-14-7-3-4-11-18(14)27(24,25)23-16-9-5-8-15(13-16)19-22-17-10-6-12-21-20(17)26-19/h3-13,23H,2H2,1H3. The van der Waals surface area contributed by atoms with Crippen molar-refractivity contribution in [3.8, 4) is 10.6 Å². The molecule has 1 N–H and O–H groups in total. The van der Waals surface area contributed by atoms with Gasteiger partial charge in [0.2, 0.25) is 0 Å². The number of sulfonamides is 1. The first-order chi connectivity index (χ1) is 13.1. The molecule has 2 aromatic heterocycles. The third-order valence-electron chi connectivity index (χ3n) is 4.17. The van der Waals surface area contributed by atoms with Crippen LogP contribution in [0.25, 0.3) is 20.9 Å². The fourth-order valence-corrected chi connectivity index (χ4v) is 5.14. The third-order valence-corrected chi connectivity index (χ3v) is 6.68. The zero-order chi connectivity index (χ0) is 18.9. The summed E-state index contributed by atoms with van der Waals surface area (Å²) >= 11 is 1.48. The summed E-state index contributed by atoms with van der Waals surface area (Å²) in [6.45, 7) is 1.94. The van der Waals surface area contributed by atoms with Crippen LogP contribution in [-0.4, -0.2) is 18.4 Å². The first-order valence-electron chi connectivity index (χ1n) is 8.49. The predicted molar refractivity (Wildman–Crippen MR) is 109 cm³/mol. The SMILES string of the molecule is CCc1ccccc1S(=O)(=O)Nc1cccc(-c2nc3cccnc3s2)c1. The van der Waals surface area contributed by atoms with Gasteiger partial charge in [-0.25, -0.2) is 18.4 Å². The van der Waals surface area contributed by atoms with E-state index < -0.39 is 10.0 Å². The lowest BCUT2D eigenvalue weighted by Gasteiger charge is -2.12. The number of hydrogen-bond acceptors (Lipinski definition) is 5. The van der Waals surface area contributed by atoms with Crippen molar-refractivity contribution in [1.29, 1.82) is 0 Å². The Morgan fingerprint density at radius 1 is 1.04 bits per heavy atom. The molecule has 0 aliphatic heterocycles. The fourth-order valence-electron chi connectivity index (χ4n) is 2.88. The van der Waals surface area contributed by atoms with Crippen molar-refractivity contribution in [3.63, 3.8) is 0 Å². The van der Waals surface area contributed by atoms with E-state index in [9.17, 15) is 8.42 Å². The highest BCUT2D eigenvalue weighted by atomic mass is 32.2. The second kappa shape index (κ2) is 7.09. The molecule has 0 aliphatic rings. The van der Waals surface area contributed by atoms with Crippen molar-refractivity contribution < 1.29 is 8.42 Å². The fraction of sp³-hybridized carbons (Fsp3) is 0.100. The average molecular weight is 396 g/mol. The van der Waals surface area contributed by atoms with Crippen LogP contribution in [-0.2, 0) is 16.4 Å². The summed E-state index contributed by atoms with van der Waals surface area (Å²) < 4.78 is 28.4. The van der Waals surface area contributed by atoms with Crippen molar-refractivity contribution in [2.24, 2.45) is 0 Å². The second-order valence-electron chi connectivity index (χ2n) is 5.99. The smallest absolute Gasteiger partial charge is 0.262 e. The third kappa shape index (κ3) is 3.56. The van der Waals surface area contributed by atoms with Gasteiger partial charge in [0.1, 0.15) is 15.4 Å². The van der Waals surface area contributed by atoms with Gasteiger partial charge in [-0.2, -0.15) is 0 Å². The normalized spacial score (nSPS) is 11.6. The van der Waals surface area contributed by atoms with Crippen LogP contribution in [0.3, 0.4) is 0 Å². The van der Waals surface area contributed by atoms with Crippen LogP contribution in [0.5, 0.6) is 0 Å². The lowest BCUT2D eigenvalue weighted by Crippen LogP contribution is -2.14. The van der Waals surface area contributed by atoms with Gasteiger partial charge in [0.05, 0.1) is 4.90 Å². The largest absolute Gasteiger partial charge is 0.280 e. The molecule has 0 spiro atoms. The zero-order valence-corrected chi connectivity index (χ0v) is 16.2. The summed E-state index contributed by atoms with van der Waals surface area (Å²) in [5, 5.41) is 0.804. The molecule has 0 fully saturated rings. The van der Waals surface area contributed by atoms with Crippen LogP contribution in [0.1, 0.15) is 12.5 Å². The summed E-state index contributed by atoms with van der Waals surface area (Å²) in [5.41, 5.74) is 2.98. The molecule has 5 nitrogen and oxygen atoms in total. The molecule has 0 bridgehead atoms. The number of rotatable bonds is 5. The Labute approximate surface area is 161 Å². The first kappa shape index (κ1) is 17.6. The van der Waals surface area contributed by atoms with E-state index in [0.717, 1.165) is 26.5 Å². The molecule has 0 saturated heterocycles. The Hall–Kier alpha value is -2.77. The van der Waals surface area contributed by atoms with Gasteiger partial charge in [0, 0.05) is 17.4 Å². The van der Waals surface area contributed by atoms with Crippen LogP contribution >= 0.6 is 11.3 Å². The van der Waals surface area contributed by atoms with Gasteiger partial charge in [0.15, 0.2) is 0 Å². The van der Waals surface area contributed by atoms with Crippen molar-refractivity contribution in [2.45, 2.75) is 18.2 Å². The quantitative estimate of drug-likeness (QED) is 0.531. The summed E-state index contributed by atoms with van der Waals surface area (Å²) in [5.74, 6) is 0. The van der Waals surface area contributed by atoms with E-state index in [1.54, 1.807) is 30.5 Å². The number of aryl methyl sites for hydroxylation is 1. The van der Waals surface area contributed by atoms with Crippen LogP contribution in [0.2, 0.25) is 0 Å². The number of hydrogen-bond donors (Lipinski definition) is 1. The van der Waals surface area contributed by atoms with Crippen molar-refractivity contribution in [3.05, 3.63) is 72.4 Å². The number of nitrogens with zero attached hydrogens (tertiary/aromatic N) is 2. The highest BCUT2D eigenvalue weighted by Crippen LogP contribution is 2.30. The van der Waals surface area contributed by atoms with Crippen molar-refractivity contribution in [1.82, 2.24) is 9.97 Å². The lowest BCUT2D eigenvalue weighted by molar-refractivity contribution is 0.600. The molecule has 136 valence electrons. The maximum atomic E-state index is 12.8. The molecule has 2 aromatic carbocycles. The first-order valence-corrected chi connectivity index (χ1v) is 10.8. The molecule has 0 unspecified atom stereocenters. The van der Waals surface area contributed by atoms with Gasteiger partial charge < -0.3 is 0 Å². The Morgan fingerprint density at radius 3 is 2.70 bits per heavy atom. The number of pyridine rings is 1. The van der Waals surface area contributed by atoms with Crippen molar-refractivity contribution in [2.75, 3.05) is 4.72 Å². The molecule has 2 heterocycles. The van der Waals surface area contributed by atoms with Crippen LogP contribution in [0, 0.1) is 0 Å². The monoisotopic (exact) mass is 395 g/mol. The molecule has 0 amide bonds. The minimum absolute atomic E-state index is 0.307. The number of fused-ring (bicyclic) bond motifs is 1. The van der Waals surface area contributed by atoms with Crippen molar-refractivity contribution >= 4 is 37.4 Å². The molecular weight excluding hydrogens is 378 g/mol. The molecule has 0 saturated carbocycles. The Morgan fingerprint density at radius 2 is 1.89 bits per heavy atom. The van der Waals surface area contributed by atoms with Crippen LogP contribution < -0.4 is 4.72 Å². The minimum atomic E-state index is -3.66. The number of nitrogens with one attached hydrogen (secondary N) is 1. The number of aromatic nitrogens is 2. The Kier molecular flexibility index (Phi) is 4.63. The highest BCUT2D eigenvalue weighted by molar-refractivity contribution is 7.92. The van der Waals surface area contributed by atoms with Gasteiger partial charge in [-0.15, -0.1) is 0 Å². The maximum Gasteiger partial charge on any atom is 0.262 e. The number of benzene rings is 2. The molecule has 0 radical (unpaired) electrons. The van der Waals surface area contributed by atoms with Gasteiger partial charge in [-0.05, 0) is 42.3 Å². The topological polar surface area (TPSA) is 72.0 Å². The van der Waals surface area contributed by atoms with E-state index in [4.69, 9.17) is 0 Å². The lowest BCUT2D eigenvalue weighted by atomic mass is 10.2. The molecule has 7 heteroatoms. The van der Waals surface area contributed by atoms with E-state index in [2.05, 4.69) is 14.7 Å². The van der Waals surface area contributed by atoms with E-state index in [0.29, 0.717) is 17.0 Å². The van der Waals surface area contributed by atoms with Gasteiger partial charge >= 0.3 is 0 Å². The van der Waals surface area contributed by atoms with Crippen LogP contribution in [0.15, 0.2) is 71.8 Å². The minimum Gasteiger partial charge on any atom is -0.280 e. The molecule has 0 atom stereocenters. The summed E-state index contributed by atoms with van der Waals surface area (Å²) in [6, 6.07) is 18.1. The highest BCUT2D eigenvalue weighted by Gasteiger charge is 2.18. The maximum absolute atomic E-state index is 12.8. The average Bonchev–Trinajstić information content (AvgIpc) is 3.12. The molecular formula is C20H17N3O2S2. The summed E-state index contributed by atoms with van der Waals surface area (Å²) in [6.07, 6.45) is 2.38. The number of thiazole rings is 1. The van der Waals surface area contributed by atoms with Crippen LogP contribution in [0.4, 0.5) is 5.69 Å². The second-order valence-corrected chi connectivity index (χ2v) is 8.62. The molecule has 4 aromatic rings. The Bertz CT molecular complexity index is 1180. The summed E-state index contributed by atoms with van der Waals surface area (Å²) in [7, 11) is -3.66. The van der Waals surface area contributed by atoms with E-state index in [1.807, 2.05) is 43.3 Å². The number of anilines is 1. The van der Waals surface area contributed by atoms with E-state index >= 15 is 0 Å². The molecule has 4 rings (SSSR count). The summed E-state index contributed by atoms with van der Waals surface area (Å²) in [4.78, 5) is 10.1. The Balaban J connectivity index is 1.68.